The molecule has 2 fully saturated rings. The van der Waals surface area contributed by atoms with Crippen molar-refractivity contribution in [2.24, 2.45) is 11.1 Å². The fourth-order valence-electron chi connectivity index (χ4n) is 4.28. The van der Waals surface area contributed by atoms with E-state index in [-0.39, 0.29) is 0 Å². The number of likely N-dealkylation sites (tertiary alicyclic amines) is 1. The molecule has 1 aliphatic heterocycles. The van der Waals surface area contributed by atoms with Gasteiger partial charge in [-0.05, 0) is 49.8 Å². The third-order valence-electron chi connectivity index (χ3n) is 5.30. The van der Waals surface area contributed by atoms with E-state index in [9.17, 15) is 0 Å². The molecule has 1 saturated heterocycles. The molecule has 1 aromatic carbocycles. The molecule has 0 aromatic heterocycles. The topological polar surface area (TPSA) is 29.3 Å². The lowest BCUT2D eigenvalue weighted by Gasteiger charge is -2.40. The van der Waals surface area contributed by atoms with Crippen LogP contribution in [0.1, 0.15) is 44.1 Å². The number of rotatable bonds is 4. The van der Waals surface area contributed by atoms with Gasteiger partial charge in [0.1, 0.15) is 0 Å². The molecule has 2 N–H and O–H groups in total. The van der Waals surface area contributed by atoms with E-state index in [1.54, 1.807) is 0 Å². The Balaban J connectivity index is 1.74. The van der Waals surface area contributed by atoms with Crippen molar-refractivity contribution >= 4 is 0 Å². The molecule has 2 aliphatic rings. The number of benzene rings is 1. The van der Waals surface area contributed by atoms with Crippen molar-refractivity contribution in [3.63, 3.8) is 0 Å². The summed E-state index contributed by atoms with van der Waals surface area (Å²) in [5.74, 6) is 0. The summed E-state index contributed by atoms with van der Waals surface area (Å²) in [6, 6.07) is 11.6. The first-order valence-corrected chi connectivity index (χ1v) is 7.82. The van der Waals surface area contributed by atoms with E-state index >= 15 is 0 Å². The van der Waals surface area contributed by atoms with Gasteiger partial charge in [0.2, 0.25) is 0 Å². The minimum Gasteiger partial charge on any atom is -0.330 e. The van der Waals surface area contributed by atoms with Gasteiger partial charge >= 0.3 is 0 Å². The molecule has 0 spiro atoms. The van der Waals surface area contributed by atoms with Crippen LogP contribution in [-0.2, 0) is 6.54 Å². The van der Waals surface area contributed by atoms with Gasteiger partial charge in [-0.3, -0.25) is 4.90 Å². The summed E-state index contributed by atoms with van der Waals surface area (Å²) < 4.78 is 0. The summed E-state index contributed by atoms with van der Waals surface area (Å²) in [6.45, 7) is 3.23. The molecule has 1 atom stereocenters. The molecule has 1 aromatic rings. The molecule has 1 heterocycles. The van der Waals surface area contributed by atoms with Crippen LogP contribution in [0.15, 0.2) is 30.3 Å². The van der Waals surface area contributed by atoms with Crippen LogP contribution >= 0.6 is 0 Å². The molecule has 2 nitrogen and oxygen atoms in total. The van der Waals surface area contributed by atoms with Crippen LogP contribution in [0.25, 0.3) is 0 Å². The summed E-state index contributed by atoms with van der Waals surface area (Å²) in [5, 5.41) is 0. The van der Waals surface area contributed by atoms with Gasteiger partial charge < -0.3 is 5.73 Å². The Labute approximate surface area is 117 Å². The third-order valence-corrected chi connectivity index (χ3v) is 5.30. The van der Waals surface area contributed by atoms with Crippen molar-refractivity contribution in [3.8, 4) is 0 Å². The summed E-state index contributed by atoms with van der Waals surface area (Å²) in [6.07, 6.45) is 8.15. The maximum Gasteiger partial charge on any atom is 0.0236 e. The van der Waals surface area contributed by atoms with Crippen LogP contribution in [0.5, 0.6) is 0 Å². The highest BCUT2D eigenvalue weighted by molar-refractivity contribution is 5.15. The Morgan fingerprint density at radius 3 is 2.53 bits per heavy atom. The van der Waals surface area contributed by atoms with Gasteiger partial charge in [0, 0.05) is 12.6 Å². The Hall–Kier alpha value is -0.860. The zero-order valence-electron chi connectivity index (χ0n) is 11.9. The van der Waals surface area contributed by atoms with E-state index in [0.29, 0.717) is 5.41 Å². The quantitative estimate of drug-likeness (QED) is 0.899. The normalized spacial score (nSPS) is 26.9. The second kappa shape index (κ2) is 5.64. The van der Waals surface area contributed by atoms with Crippen LogP contribution in [0.2, 0.25) is 0 Å². The fraction of sp³-hybridized carbons (Fsp3) is 0.647. The van der Waals surface area contributed by atoms with Gasteiger partial charge in [-0.25, -0.2) is 0 Å². The van der Waals surface area contributed by atoms with Crippen LogP contribution in [0, 0.1) is 5.41 Å². The van der Waals surface area contributed by atoms with Gasteiger partial charge in [-0.15, -0.1) is 0 Å². The van der Waals surface area contributed by atoms with Crippen molar-refractivity contribution < 1.29 is 0 Å². The minimum atomic E-state index is 0.422. The molecular weight excluding hydrogens is 232 g/mol. The van der Waals surface area contributed by atoms with Gasteiger partial charge in [0.05, 0.1) is 0 Å². The largest absolute Gasteiger partial charge is 0.330 e. The van der Waals surface area contributed by atoms with E-state index in [2.05, 4.69) is 35.2 Å². The standard InChI is InChI=1S/C17H26N2/c18-14-17(10-4-5-11-17)16-9-6-12-19(16)13-15-7-2-1-3-8-15/h1-3,7-8,16H,4-6,9-14,18H2. The third kappa shape index (κ3) is 2.56. The first-order valence-electron chi connectivity index (χ1n) is 7.82. The summed E-state index contributed by atoms with van der Waals surface area (Å²) in [5.41, 5.74) is 8.04. The number of nitrogens with zero attached hydrogens (tertiary/aromatic N) is 1. The maximum atomic E-state index is 6.18. The van der Waals surface area contributed by atoms with E-state index in [1.807, 2.05) is 0 Å². The SMILES string of the molecule is NCC1(C2CCCN2Cc2ccccc2)CCCC1. The Bertz CT molecular complexity index is 395. The number of hydrogen-bond donors (Lipinski definition) is 1. The number of nitrogens with two attached hydrogens (primary N) is 1. The second-order valence-corrected chi connectivity index (χ2v) is 6.39. The molecule has 3 rings (SSSR count). The molecule has 1 aliphatic carbocycles. The molecule has 0 bridgehead atoms. The van der Waals surface area contributed by atoms with Crippen LogP contribution in [-0.4, -0.2) is 24.0 Å². The van der Waals surface area contributed by atoms with E-state index in [4.69, 9.17) is 5.73 Å². The van der Waals surface area contributed by atoms with Crippen molar-refractivity contribution in [1.82, 2.24) is 4.90 Å². The van der Waals surface area contributed by atoms with Gasteiger partial charge in [-0.1, -0.05) is 43.2 Å². The Morgan fingerprint density at radius 2 is 1.84 bits per heavy atom. The summed E-state index contributed by atoms with van der Waals surface area (Å²) in [7, 11) is 0. The first kappa shape index (κ1) is 13.1. The predicted molar refractivity (Wildman–Crippen MR) is 79.8 cm³/mol. The molecule has 0 radical (unpaired) electrons. The van der Waals surface area contributed by atoms with Crippen LogP contribution in [0.3, 0.4) is 0 Å². The molecular formula is C17H26N2. The lowest BCUT2D eigenvalue weighted by atomic mass is 9.77. The zero-order valence-corrected chi connectivity index (χ0v) is 11.9. The Kier molecular flexibility index (Phi) is 3.90. The second-order valence-electron chi connectivity index (χ2n) is 6.39. The maximum absolute atomic E-state index is 6.18. The first-order chi connectivity index (χ1) is 9.34. The fourth-order valence-corrected chi connectivity index (χ4v) is 4.28. The summed E-state index contributed by atoms with van der Waals surface area (Å²) in [4.78, 5) is 2.70. The van der Waals surface area contributed by atoms with E-state index in [1.165, 1.54) is 50.6 Å². The van der Waals surface area contributed by atoms with Gasteiger partial charge in [0.25, 0.3) is 0 Å². The highest BCUT2D eigenvalue weighted by atomic mass is 15.2. The van der Waals surface area contributed by atoms with Crippen LogP contribution < -0.4 is 5.73 Å². The van der Waals surface area contributed by atoms with Crippen molar-refractivity contribution in [3.05, 3.63) is 35.9 Å². The lowest BCUT2D eigenvalue weighted by Crippen LogP contribution is -2.46. The van der Waals surface area contributed by atoms with Crippen LogP contribution in [0.4, 0.5) is 0 Å². The smallest absolute Gasteiger partial charge is 0.0236 e. The molecule has 2 heteroatoms. The van der Waals surface area contributed by atoms with Crippen molar-refractivity contribution in [1.29, 1.82) is 0 Å². The van der Waals surface area contributed by atoms with Gasteiger partial charge in [0.15, 0.2) is 0 Å². The van der Waals surface area contributed by atoms with Gasteiger partial charge in [-0.2, -0.15) is 0 Å². The average Bonchev–Trinajstić information content (AvgIpc) is 3.09. The summed E-state index contributed by atoms with van der Waals surface area (Å²) >= 11 is 0. The van der Waals surface area contributed by atoms with E-state index in [0.717, 1.165) is 19.1 Å². The minimum absolute atomic E-state index is 0.422. The van der Waals surface area contributed by atoms with Crippen molar-refractivity contribution in [2.75, 3.05) is 13.1 Å². The van der Waals surface area contributed by atoms with Crippen molar-refractivity contribution in [2.45, 2.75) is 51.1 Å². The molecule has 0 amide bonds. The zero-order chi connectivity index (χ0) is 13.1. The Morgan fingerprint density at radius 1 is 1.11 bits per heavy atom. The average molecular weight is 258 g/mol. The lowest BCUT2D eigenvalue weighted by molar-refractivity contribution is 0.100. The predicted octanol–water partition coefficient (Wildman–Crippen LogP) is 3.17. The number of hydrogen-bond acceptors (Lipinski definition) is 2. The van der Waals surface area contributed by atoms with E-state index < -0.39 is 0 Å². The highest BCUT2D eigenvalue weighted by Crippen LogP contribution is 2.45. The highest BCUT2D eigenvalue weighted by Gasteiger charge is 2.44. The molecule has 19 heavy (non-hydrogen) atoms. The monoisotopic (exact) mass is 258 g/mol. The molecule has 1 saturated carbocycles. The molecule has 1 unspecified atom stereocenters. The molecule has 104 valence electrons.